The van der Waals surface area contributed by atoms with Crippen LogP contribution in [0.4, 0.5) is 8.28 Å². The lowest BCUT2D eigenvalue weighted by atomic mass is 10.1. The quantitative estimate of drug-likeness (QED) is 0.848. The maximum atomic E-state index is 14.0. The Kier molecular flexibility index (Phi) is 4.30. The van der Waals surface area contributed by atoms with Gasteiger partial charge in [-0.1, -0.05) is 0 Å². The van der Waals surface area contributed by atoms with E-state index in [9.17, 15) is 8.28 Å². The standard InChI is InChI=1S/C14H17F2N3OS/c1-20-12-5-4-10(15)14-13(12)11(17-19(14)21-16)6-9-18-7-2-3-8-18/h4-5H,2-3,6-9H2,1H3. The van der Waals surface area contributed by atoms with Crippen LogP contribution in [0.3, 0.4) is 0 Å². The van der Waals surface area contributed by atoms with E-state index in [0.717, 1.165) is 23.7 Å². The highest BCUT2D eigenvalue weighted by molar-refractivity contribution is 7.92. The van der Waals surface area contributed by atoms with Gasteiger partial charge in [0.1, 0.15) is 11.3 Å². The van der Waals surface area contributed by atoms with E-state index in [-0.39, 0.29) is 17.9 Å². The summed E-state index contributed by atoms with van der Waals surface area (Å²) in [6.07, 6.45) is 3.09. The molecule has 3 rings (SSSR count). The second kappa shape index (κ2) is 6.19. The van der Waals surface area contributed by atoms with Crippen LogP contribution in [0.1, 0.15) is 18.5 Å². The van der Waals surface area contributed by atoms with Gasteiger partial charge < -0.3 is 9.64 Å². The van der Waals surface area contributed by atoms with Crippen LogP contribution in [0.2, 0.25) is 0 Å². The first-order valence-corrected chi connectivity index (χ1v) is 7.67. The number of nitrogens with zero attached hydrogens (tertiary/aromatic N) is 3. The fourth-order valence-electron chi connectivity index (χ4n) is 2.89. The van der Waals surface area contributed by atoms with Gasteiger partial charge in [-0.15, -0.1) is 3.89 Å². The summed E-state index contributed by atoms with van der Waals surface area (Å²) in [5.41, 5.74) is 0.830. The SMILES string of the molecule is COc1ccc(F)c2c1c(CCN1CCCC1)nn2SF. The first kappa shape index (κ1) is 14.6. The van der Waals surface area contributed by atoms with Crippen molar-refractivity contribution in [2.75, 3.05) is 26.7 Å². The molecule has 21 heavy (non-hydrogen) atoms. The fourth-order valence-corrected chi connectivity index (χ4v) is 3.26. The Balaban J connectivity index is 1.98. The number of rotatable bonds is 5. The first-order valence-electron chi connectivity index (χ1n) is 7.00. The molecule has 1 saturated heterocycles. The molecule has 2 heterocycles. The molecular weight excluding hydrogens is 296 g/mol. The highest BCUT2D eigenvalue weighted by Crippen LogP contribution is 2.33. The molecule has 0 saturated carbocycles. The third-order valence-corrected chi connectivity index (χ3v) is 4.33. The van der Waals surface area contributed by atoms with Crippen LogP contribution in [0.15, 0.2) is 12.1 Å². The van der Waals surface area contributed by atoms with E-state index in [4.69, 9.17) is 4.74 Å². The number of likely N-dealkylation sites (tertiary alicyclic amines) is 1. The van der Waals surface area contributed by atoms with Crippen LogP contribution >= 0.6 is 12.3 Å². The maximum absolute atomic E-state index is 14.0. The molecule has 0 amide bonds. The number of benzene rings is 1. The summed E-state index contributed by atoms with van der Waals surface area (Å²) in [4.78, 5) is 2.35. The summed E-state index contributed by atoms with van der Waals surface area (Å²) in [6.45, 7) is 3.02. The van der Waals surface area contributed by atoms with Crippen molar-refractivity contribution in [1.82, 2.24) is 14.1 Å². The lowest BCUT2D eigenvalue weighted by molar-refractivity contribution is 0.342. The topological polar surface area (TPSA) is 30.3 Å². The summed E-state index contributed by atoms with van der Waals surface area (Å²) >= 11 is -0.0930. The largest absolute Gasteiger partial charge is 0.496 e. The predicted octanol–water partition coefficient (Wildman–Crippen LogP) is 3.20. The van der Waals surface area contributed by atoms with E-state index in [1.165, 1.54) is 26.0 Å². The van der Waals surface area contributed by atoms with E-state index in [1.807, 2.05) is 0 Å². The lowest BCUT2D eigenvalue weighted by Gasteiger charge is -2.13. The molecule has 0 spiro atoms. The maximum Gasteiger partial charge on any atom is 0.188 e. The van der Waals surface area contributed by atoms with Gasteiger partial charge >= 0.3 is 0 Å². The Morgan fingerprint density at radius 1 is 1.33 bits per heavy atom. The zero-order chi connectivity index (χ0) is 14.8. The molecule has 0 atom stereocenters. The van der Waals surface area contributed by atoms with Gasteiger partial charge in [-0.05, 0) is 38.1 Å². The molecule has 0 radical (unpaired) electrons. The van der Waals surface area contributed by atoms with Gasteiger partial charge in [0.2, 0.25) is 0 Å². The average Bonchev–Trinajstić information content (AvgIpc) is 3.13. The average molecular weight is 313 g/mol. The Labute approximate surface area is 126 Å². The van der Waals surface area contributed by atoms with Crippen molar-refractivity contribution in [3.8, 4) is 5.75 Å². The Morgan fingerprint density at radius 3 is 2.76 bits per heavy atom. The summed E-state index contributed by atoms with van der Waals surface area (Å²) in [7, 11) is 1.52. The molecule has 4 nitrogen and oxygen atoms in total. The number of hydrogen-bond acceptors (Lipinski definition) is 4. The van der Waals surface area contributed by atoms with Crippen molar-refractivity contribution < 1.29 is 13.0 Å². The predicted molar refractivity (Wildman–Crippen MR) is 79.7 cm³/mol. The van der Waals surface area contributed by atoms with E-state index in [1.54, 1.807) is 6.07 Å². The van der Waals surface area contributed by atoms with Gasteiger partial charge in [0.15, 0.2) is 18.2 Å². The molecule has 1 fully saturated rings. The first-order chi connectivity index (χ1) is 10.2. The zero-order valence-electron chi connectivity index (χ0n) is 11.8. The van der Waals surface area contributed by atoms with Crippen molar-refractivity contribution in [1.29, 1.82) is 0 Å². The third-order valence-electron chi connectivity index (χ3n) is 3.93. The number of ether oxygens (including phenoxy) is 1. The molecule has 2 aromatic rings. The van der Waals surface area contributed by atoms with Crippen molar-refractivity contribution in [2.24, 2.45) is 0 Å². The molecule has 0 bridgehead atoms. The normalized spacial score (nSPS) is 16.0. The Hall–Kier alpha value is -1.34. The number of methoxy groups -OCH3 is 1. The molecule has 7 heteroatoms. The fraction of sp³-hybridized carbons (Fsp3) is 0.500. The summed E-state index contributed by atoms with van der Waals surface area (Å²) in [6, 6.07) is 2.84. The second-order valence-electron chi connectivity index (χ2n) is 5.16. The van der Waals surface area contributed by atoms with Gasteiger partial charge in [0, 0.05) is 13.0 Å². The number of hydrogen-bond donors (Lipinski definition) is 0. The van der Waals surface area contributed by atoms with Crippen LogP contribution in [-0.4, -0.2) is 40.8 Å². The lowest BCUT2D eigenvalue weighted by Crippen LogP contribution is -2.22. The molecule has 0 N–H and O–H groups in total. The highest BCUT2D eigenvalue weighted by Gasteiger charge is 2.20. The van der Waals surface area contributed by atoms with E-state index < -0.39 is 5.82 Å². The van der Waals surface area contributed by atoms with Gasteiger partial charge in [-0.2, -0.15) is 9.19 Å². The minimum absolute atomic E-state index is 0.0930. The second-order valence-corrected chi connectivity index (χ2v) is 5.64. The van der Waals surface area contributed by atoms with Crippen molar-refractivity contribution in [2.45, 2.75) is 19.3 Å². The molecule has 1 aromatic carbocycles. The van der Waals surface area contributed by atoms with Gasteiger partial charge in [0.25, 0.3) is 0 Å². The minimum atomic E-state index is -0.490. The summed E-state index contributed by atoms with van der Waals surface area (Å²) in [5.74, 6) is 0.0407. The summed E-state index contributed by atoms with van der Waals surface area (Å²) in [5, 5.41) is 4.77. The van der Waals surface area contributed by atoms with Gasteiger partial charge in [-0.3, -0.25) is 0 Å². The van der Waals surface area contributed by atoms with Gasteiger partial charge in [-0.25, -0.2) is 4.39 Å². The molecule has 0 unspecified atom stereocenters. The van der Waals surface area contributed by atoms with Crippen LogP contribution in [0.5, 0.6) is 5.75 Å². The number of fused-ring (bicyclic) bond motifs is 1. The monoisotopic (exact) mass is 313 g/mol. The summed E-state index contributed by atoms with van der Waals surface area (Å²) < 4.78 is 33.3. The zero-order valence-corrected chi connectivity index (χ0v) is 12.6. The number of aromatic nitrogens is 2. The van der Waals surface area contributed by atoms with Crippen molar-refractivity contribution in [3.05, 3.63) is 23.6 Å². The molecular formula is C14H17F2N3OS. The molecule has 1 aliphatic heterocycles. The van der Waals surface area contributed by atoms with E-state index >= 15 is 0 Å². The van der Waals surface area contributed by atoms with E-state index in [2.05, 4.69) is 10.00 Å². The van der Waals surface area contributed by atoms with Gasteiger partial charge in [0.05, 0.1) is 18.2 Å². The smallest absolute Gasteiger partial charge is 0.188 e. The van der Waals surface area contributed by atoms with Crippen LogP contribution in [0, 0.1) is 5.82 Å². The van der Waals surface area contributed by atoms with Crippen LogP contribution in [0.25, 0.3) is 10.9 Å². The van der Waals surface area contributed by atoms with Crippen molar-refractivity contribution in [3.63, 3.8) is 0 Å². The Bertz CT molecular complexity index is 641. The van der Waals surface area contributed by atoms with Crippen molar-refractivity contribution >= 4 is 23.2 Å². The number of halogens is 2. The molecule has 0 aliphatic carbocycles. The molecule has 1 aliphatic rings. The molecule has 1 aromatic heterocycles. The molecule has 114 valence electrons. The highest BCUT2D eigenvalue weighted by atomic mass is 32.2. The third kappa shape index (κ3) is 2.72. The van der Waals surface area contributed by atoms with E-state index in [0.29, 0.717) is 23.3 Å². The van der Waals surface area contributed by atoms with Crippen LogP contribution < -0.4 is 4.74 Å². The Morgan fingerprint density at radius 2 is 2.10 bits per heavy atom. The van der Waals surface area contributed by atoms with Crippen LogP contribution in [-0.2, 0) is 6.42 Å². The minimum Gasteiger partial charge on any atom is -0.496 e.